The highest BCUT2D eigenvalue weighted by atomic mass is 16.6. The number of rotatable bonds is 8. The van der Waals surface area contributed by atoms with Gasteiger partial charge >= 0.3 is 0 Å². The average Bonchev–Trinajstić information content (AvgIpc) is 3.51. The molecule has 3 aromatic rings. The van der Waals surface area contributed by atoms with Gasteiger partial charge < -0.3 is 28.6 Å². The van der Waals surface area contributed by atoms with Crippen molar-refractivity contribution < 1.29 is 33.3 Å². The minimum atomic E-state index is -0.812. The van der Waals surface area contributed by atoms with E-state index in [0.29, 0.717) is 54.0 Å². The number of furan rings is 1. The number of hydrogen-bond acceptors (Lipinski definition) is 7. The van der Waals surface area contributed by atoms with Crippen molar-refractivity contribution in [3.05, 3.63) is 83.3 Å². The van der Waals surface area contributed by atoms with Gasteiger partial charge in [-0.1, -0.05) is 25.5 Å². The van der Waals surface area contributed by atoms with Gasteiger partial charge in [0.05, 0.1) is 31.0 Å². The van der Waals surface area contributed by atoms with Crippen LogP contribution in [0.15, 0.2) is 70.9 Å². The van der Waals surface area contributed by atoms with Gasteiger partial charge in [-0.05, 0) is 54.4 Å². The molecule has 186 valence electrons. The molecule has 2 aliphatic rings. The number of ether oxygens (including phenoxy) is 3. The molecule has 1 fully saturated rings. The number of nitrogens with zero attached hydrogens (tertiary/aromatic N) is 1. The van der Waals surface area contributed by atoms with Crippen LogP contribution in [0.2, 0.25) is 0 Å². The first-order valence-corrected chi connectivity index (χ1v) is 12.0. The second-order valence-electron chi connectivity index (χ2n) is 8.64. The van der Waals surface area contributed by atoms with Crippen molar-refractivity contribution in [2.24, 2.45) is 0 Å². The maximum atomic E-state index is 13.3. The molecule has 2 aromatic carbocycles. The summed E-state index contributed by atoms with van der Waals surface area (Å²) in [5.74, 6) is 0.510. The summed E-state index contributed by atoms with van der Waals surface area (Å²) >= 11 is 0. The van der Waals surface area contributed by atoms with Gasteiger partial charge in [0.15, 0.2) is 11.5 Å². The van der Waals surface area contributed by atoms with Crippen molar-refractivity contribution in [3.8, 4) is 17.2 Å². The van der Waals surface area contributed by atoms with Crippen molar-refractivity contribution in [1.82, 2.24) is 4.90 Å². The Bertz CT molecular complexity index is 1280. The topological polar surface area (TPSA) is 98.4 Å². The fourth-order valence-electron chi connectivity index (χ4n) is 4.39. The molecule has 1 aromatic heterocycles. The summed E-state index contributed by atoms with van der Waals surface area (Å²) in [6, 6.07) is 14.8. The zero-order valence-electron chi connectivity index (χ0n) is 19.9. The van der Waals surface area contributed by atoms with E-state index in [9.17, 15) is 14.7 Å². The lowest BCUT2D eigenvalue weighted by atomic mass is 9.95. The van der Waals surface area contributed by atoms with E-state index in [1.165, 1.54) is 11.2 Å². The fraction of sp³-hybridized carbons (Fsp3) is 0.286. The van der Waals surface area contributed by atoms with Gasteiger partial charge in [-0.2, -0.15) is 0 Å². The minimum Gasteiger partial charge on any atom is -0.507 e. The van der Waals surface area contributed by atoms with Crippen LogP contribution in [0.3, 0.4) is 0 Å². The summed E-state index contributed by atoms with van der Waals surface area (Å²) in [6.45, 7) is 3.61. The van der Waals surface area contributed by atoms with Crippen LogP contribution in [0.25, 0.3) is 5.76 Å². The number of Topliss-reactive ketones (excluding diaryl/α,β-unsaturated/α-hetero) is 1. The van der Waals surface area contributed by atoms with E-state index >= 15 is 0 Å². The number of carbonyl (C=O) groups is 2. The third-order valence-electron chi connectivity index (χ3n) is 6.22. The average molecular weight is 490 g/mol. The van der Waals surface area contributed by atoms with E-state index in [2.05, 4.69) is 6.92 Å². The molecule has 0 bridgehead atoms. The molecule has 0 radical (unpaired) electrons. The molecule has 3 heterocycles. The Balaban J connectivity index is 1.55. The molecule has 2 aliphatic heterocycles. The third-order valence-corrected chi connectivity index (χ3v) is 6.22. The Hall–Kier alpha value is -4.20. The molecule has 1 unspecified atom stereocenters. The van der Waals surface area contributed by atoms with E-state index in [4.69, 9.17) is 18.6 Å². The molecule has 0 aliphatic carbocycles. The summed E-state index contributed by atoms with van der Waals surface area (Å²) in [5, 5.41) is 11.3. The zero-order chi connectivity index (χ0) is 25.1. The maximum absolute atomic E-state index is 13.3. The normalized spacial score (nSPS) is 18.5. The molecular weight excluding hydrogens is 462 g/mol. The van der Waals surface area contributed by atoms with Gasteiger partial charge in [-0.15, -0.1) is 0 Å². The highest BCUT2D eigenvalue weighted by Gasteiger charge is 2.46. The molecule has 8 nitrogen and oxygen atoms in total. The van der Waals surface area contributed by atoms with Crippen LogP contribution >= 0.6 is 0 Å². The number of unbranched alkanes of at least 4 members (excludes halogenated alkanes) is 1. The number of ketones is 1. The van der Waals surface area contributed by atoms with Crippen molar-refractivity contribution in [2.45, 2.75) is 32.4 Å². The highest BCUT2D eigenvalue weighted by molar-refractivity contribution is 6.46. The van der Waals surface area contributed by atoms with Crippen LogP contribution in [-0.2, 0) is 16.1 Å². The molecule has 1 amide bonds. The Morgan fingerprint density at radius 3 is 2.56 bits per heavy atom. The van der Waals surface area contributed by atoms with Crippen LogP contribution in [0, 0.1) is 0 Å². The molecule has 0 saturated carbocycles. The number of aliphatic hydroxyl groups excluding tert-OH is 1. The summed E-state index contributed by atoms with van der Waals surface area (Å²) in [4.78, 5) is 27.8. The van der Waals surface area contributed by atoms with Gasteiger partial charge in [-0.3, -0.25) is 9.59 Å². The van der Waals surface area contributed by atoms with E-state index in [1.54, 1.807) is 30.3 Å². The number of hydrogen-bond donors (Lipinski definition) is 1. The molecule has 5 rings (SSSR count). The van der Waals surface area contributed by atoms with Gasteiger partial charge in [0.1, 0.15) is 30.5 Å². The molecule has 1 saturated heterocycles. The van der Waals surface area contributed by atoms with E-state index in [1.807, 2.05) is 24.3 Å². The summed E-state index contributed by atoms with van der Waals surface area (Å²) in [6.07, 6.45) is 3.48. The Labute approximate surface area is 208 Å². The quantitative estimate of drug-likeness (QED) is 0.209. The summed E-state index contributed by atoms with van der Waals surface area (Å²) < 4.78 is 22.4. The van der Waals surface area contributed by atoms with E-state index in [-0.39, 0.29) is 17.9 Å². The van der Waals surface area contributed by atoms with Crippen molar-refractivity contribution in [2.75, 3.05) is 19.8 Å². The number of fused-ring (bicyclic) bond motifs is 1. The van der Waals surface area contributed by atoms with Crippen molar-refractivity contribution in [1.29, 1.82) is 0 Å². The molecular formula is C28H27NO7. The lowest BCUT2D eigenvalue weighted by Crippen LogP contribution is -2.29. The predicted octanol–water partition coefficient (Wildman–Crippen LogP) is 4.85. The molecule has 1 N–H and O–H groups in total. The number of likely N-dealkylation sites (tertiary alicyclic amines) is 1. The van der Waals surface area contributed by atoms with Gasteiger partial charge in [0.25, 0.3) is 11.7 Å². The Morgan fingerprint density at radius 1 is 1.06 bits per heavy atom. The van der Waals surface area contributed by atoms with Gasteiger partial charge in [-0.25, -0.2) is 0 Å². The van der Waals surface area contributed by atoms with Crippen LogP contribution in [0.1, 0.15) is 42.7 Å². The molecule has 1 atom stereocenters. The second-order valence-corrected chi connectivity index (χ2v) is 8.64. The van der Waals surface area contributed by atoms with E-state index < -0.39 is 17.7 Å². The summed E-state index contributed by atoms with van der Waals surface area (Å²) in [5.41, 5.74) is 1.03. The number of aliphatic hydroxyl groups is 1. The van der Waals surface area contributed by atoms with Crippen LogP contribution in [-0.4, -0.2) is 41.5 Å². The van der Waals surface area contributed by atoms with E-state index in [0.717, 1.165) is 12.8 Å². The zero-order valence-corrected chi connectivity index (χ0v) is 19.9. The van der Waals surface area contributed by atoms with Crippen molar-refractivity contribution in [3.63, 3.8) is 0 Å². The highest BCUT2D eigenvalue weighted by Crippen LogP contribution is 2.42. The van der Waals surface area contributed by atoms with Gasteiger partial charge in [0, 0.05) is 5.56 Å². The molecule has 36 heavy (non-hydrogen) atoms. The lowest BCUT2D eigenvalue weighted by Gasteiger charge is -2.25. The second kappa shape index (κ2) is 10.2. The maximum Gasteiger partial charge on any atom is 0.296 e. The SMILES string of the molecule is CCCCOc1ccc(C2/C(=C(\O)c3ccc4c(c3)OCCO4)C(=O)C(=O)N2Cc2ccco2)cc1. The lowest BCUT2D eigenvalue weighted by molar-refractivity contribution is -0.140. The first-order chi connectivity index (χ1) is 17.6. The van der Waals surface area contributed by atoms with Crippen LogP contribution in [0.5, 0.6) is 17.2 Å². The fourth-order valence-corrected chi connectivity index (χ4v) is 4.39. The van der Waals surface area contributed by atoms with Crippen LogP contribution < -0.4 is 14.2 Å². The monoisotopic (exact) mass is 489 g/mol. The van der Waals surface area contributed by atoms with Gasteiger partial charge in [0.2, 0.25) is 0 Å². The molecule has 8 heteroatoms. The first kappa shape index (κ1) is 23.5. The minimum absolute atomic E-state index is 0.00267. The largest absolute Gasteiger partial charge is 0.507 e. The Morgan fingerprint density at radius 2 is 1.83 bits per heavy atom. The number of amides is 1. The molecule has 0 spiro atoms. The number of benzene rings is 2. The smallest absolute Gasteiger partial charge is 0.296 e. The standard InChI is InChI=1S/C28H27NO7/c1-2-3-12-33-20-9-6-18(7-10-20)25-24(27(31)28(32)29(25)17-21-5-4-13-34-21)26(30)19-8-11-22-23(16-19)36-15-14-35-22/h4-11,13,16,25,30H,2-3,12,14-15,17H2,1H3/b26-24+. The summed E-state index contributed by atoms with van der Waals surface area (Å²) in [7, 11) is 0. The predicted molar refractivity (Wildman–Crippen MR) is 131 cm³/mol. The van der Waals surface area contributed by atoms with Crippen molar-refractivity contribution >= 4 is 17.4 Å². The van der Waals surface area contributed by atoms with Crippen LogP contribution in [0.4, 0.5) is 0 Å². The third kappa shape index (κ3) is 4.54. The first-order valence-electron chi connectivity index (χ1n) is 12.0. The number of carbonyl (C=O) groups excluding carboxylic acids is 2. The Kier molecular flexibility index (Phi) is 6.66.